The first kappa shape index (κ1) is 18.5. The third kappa shape index (κ3) is 2.86. The van der Waals surface area contributed by atoms with Crippen molar-refractivity contribution < 1.29 is 9.53 Å². The Morgan fingerprint density at radius 1 is 1.26 bits per heavy atom. The predicted octanol–water partition coefficient (Wildman–Crippen LogP) is 3.58. The molecule has 0 aliphatic heterocycles. The summed E-state index contributed by atoms with van der Waals surface area (Å²) in [5, 5.41) is 7.70. The number of nitrogens with one attached hydrogen (secondary N) is 1. The lowest BCUT2D eigenvalue weighted by Crippen LogP contribution is -2.35. The summed E-state index contributed by atoms with van der Waals surface area (Å²) in [6.45, 7) is 1.94. The molecule has 3 aliphatic rings. The molecular weight excluding hydrogens is 390 g/mol. The molecule has 1 N–H and O–H groups in total. The van der Waals surface area contributed by atoms with E-state index in [0.717, 1.165) is 23.4 Å². The maximum Gasteiger partial charge on any atom is 0.224 e. The Morgan fingerprint density at radius 2 is 2.06 bits per heavy atom. The van der Waals surface area contributed by atoms with Gasteiger partial charge in [0.25, 0.3) is 0 Å². The summed E-state index contributed by atoms with van der Waals surface area (Å²) in [6, 6.07) is 9.40. The standard InChI is InChI=1S/C24H25N5O2/c1-14(26-23(30)18-11-16-5-8-19(18)24(16)9-10-24)22-27-21-12-20(25-13-29(21)28-22)15-3-6-17(31-2)7-4-15/h3-8,12-14,16,18-19H,9-11H2,1-2H3,(H,26,30)/t14-,16+,18+,19+/m0/s1. The number of methoxy groups -OCH3 is 1. The topological polar surface area (TPSA) is 81.4 Å². The lowest BCUT2D eigenvalue weighted by atomic mass is 9.88. The van der Waals surface area contributed by atoms with Crippen LogP contribution in [0.25, 0.3) is 16.9 Å². The number of amides is 1. The fourth-order valence-electron chi connectivity index (χ4n) is 5.57. The van der Waals surface area contributed by atoms with Crippen molar-refractivity contribution in [2.45, 2.75) is 32.2 Å². The summed E-state index contributed by atoms with van der Waals surface area (Å²) in [5.74, 6) is 2.63. The smallest absolute Gasteiger partial charge is 0.224 e. The summed E-state index contributed by atoms with van der Waals surface area (Å²) in [5.41, 5.74) is 2.91. The molecule has 6 rings (SSSR count). The second-order valence-corrected chi connectivity index (χ2v) is 9.10. The number of carbonyl (C=O) groups excluding carboxylic acids is 1. The number of rotatable bonds is 5. The Morgan fingerprint density at radius 3 is 2.77 bits per heavy atom. The van der Waals surface area contributed by atoms with Gasteiger partial charge in [-0.1, -0.05) is 12.2 Å². The van der Waals surface area contributed by atoms with E-state index in [1.807, 2.05) is 37.3 Å². The van der Waals surface area contributed by atoms with Gasteiger partial charge in [0, 0.05) is 17.5 Å². The SMILES string of the molecule is COc1ccc(-c2cc3nc([C@H](C)NC(=O)[C@@H]4C[C@H]5C=C[C@H]4C54CC4)nn3cn2)cc1. The number of carbonyl (C=O) groups is 1. The normalized spacial score (nSPS) is 25.8. The molecule has 7 nitrogen and oxygen atoms in total. The van der Waals surface area contributed by atoms with Crippen LogP contribution in [0.15, 0.2) is 48.8 Å². The largest absolute Gasteiger partial charge is 0.497 e. The van der Waals surface area contributed by atoms with Crippen molar-refractivity contribution in [2.75, 3.05) is 7.11 Å². The molecule has 1 spiro atoms. The number of hydrogen-bond donors (Lipinski definition) is 1. The minimum Gasteiger partial charge on any atom is -0.497 e. The third-order valence-corrected chi connectivity index (χ3v) is 7.44. The van der Waals surface area contributed by atoms with E-state index < -0.39 is 0 Å². The average molecular weight is 415 g/mol. The van der Waals surface area contributed by atoms with Gasteiger partial charge in [0.2, 0.25) is 5.91 Å². The van der Waals surface area contributed by atoms with Gasteiger partial charge in [0.05, 0.1) is 18.8 Å². The summed E-state index contributed by atoms with van der Waals surface area (Å²) in [4.78, 5) is 22.2. The van der Waals surface area contributed by atoms with Crippen molar-refractivity contribution in [1.29, 1.82) is 0 Å². The zero-order valence-corrected chi connectivity index (χ0v) is 17.7. The molecule has 3 aliphatic carbocycles. The van der Waals surface area contributed by atoms with Gasteiger partial charge in [-0.25, -0.2) is 14.5 Å². The summed E-state index contributed by atoms with van der Waals surface area (Å²) < 4.78 is 6.88. The highest BCUT2D eigenvalue weighted by Gasteiger charge is 2.64. The molecule has 2 aromatic heterocycles. The van der Waals surface area contributed by atoms with Crippen LogP contribution in [0, 0.1) is 23.2 Å². The van der Waals surface area contributed by atoms with Gasteiger partial charge in [-0.2, -0.15) is 0 Å². The fraction of sp³-hybridized carbons (Fsp3) is 0.417. The third-order valence-electron chi connectivity index (χ3n) is 7.44. The Kier molecular flexibility index (Phi) is 3.97. The minimum absolute atomic E-state index is 0.0836. The fourth-order valence-corrected chi connectivity index (χ4v) is 5.57. The van der Waals surface area contributed by atoms with Crippen molar-refractivity contribution in [3.63, 3.8) is 0 Å². The highest BCUT2D eigenvalue weighted by Crippen LogP contribution is 2.70. The van der Waals surface area contributed by atoms with Gasteiger partial charge in [0.15, 0.2) is 11.5 Å². The number of ether oxygens (including phenoxy) is 1. The van der Waals surface area contributed by atoms with Crippen LogP contribution >= 0.6 is 0 Å². The molecule has 2 bridgehead atoms. The number of benzene rings is 1. The van der Waals surface area contributed by atoms with E-state index in [4.69, 9.17) is 4.74 Å². The predicted molar refractivity (Wildman–Crippen MR) is 115 cm³/mol. The van der Waals surface area contributed by atoms with Crippen LogP contribution in [0.1, 0.15) is 38.1 Å². The first-order valence-electron chi connectivity index (χ1n) is 10.9. The van der Waals surface area contributed by atoms with E-state index in [2.05, 4.69) is 32.5 Å². The molecule has 2 fully saturated rings. The Hall–Kier alpha value is -3.22. The molecule has 4 atom stereocenters. The van der Waals surface area contributed by atoms with Crippen LogP contribution in [0.5, 0.6) is 5.75 Å². The quantitative estimate of drug-likeness (QED) is 0.644. The average Bonchev–Trinajstić information content (AvgIpc) is 3.25. The lowest BCUT2D eigenvalue weighted by Gasteiger charge is -2.21. The Labute approximate surface area is 180 Å². The van der Waals surface area contributed by atoms with Crippen LogP contribution in [0.3, 0.4) is 0 Å². The summed E-state index contributed by atoms with van der Waals surface area (Å²) in [7, 11) is 1.65. The molecular formula is C24H25N5O2. The maximum atomic E-state index is 13.0. The number of hydrogen-bond acceptors (Lipinski definition) is 5. The van der Waals surface area contributed by atoms with Crippen molar-refractivity contribution >= 4 is 11.6 Å². The van der Waals surface area contributed by atoms with Crippen molar-refractivity contribution in [2.24, 2.45) is 23.2 Å². The van der Waals surface area contributed by atoms with Gasteiger partial charge in [0.1, 0.15) is 12.1 Å². The van der Waals surface area contributed by atoms with E-state index in [9.17, 15) is 4.79 Å². The molecule has 2 heterocycles. The number of nitrogens with zero attached hydrogens (tertiary/aromatic N) is 4. The van der Waals surface area contributed by atoms with E-state index >= 15 is 0 Å². The molecule has 3 aromatic rings. The molecule has 1 amide bonds. The van der Waals surface area contributed by atoms with Crippen molar-refractivity contribution in [1.82, 2.24) is 24.9 Å². The van der Waals surface area contributed by atoms with Gasteiger partial charge in [-0.05, 0) is 67.7 Å². The molecule has 158 valence electrons. The second-order valence-electron chi connectivity index (χ2n) is 9.10. The van der Waals surface area contributed by atoms with E-state index in [1.165, 1.54) is 12.8 Å². The van der Waals surface area contributed by atoms with Gasteiger partial charge in [-0.3, -0.25) is 4.79 Å². The van der Waals surface area contributed by atoms with Crippen LogP contribution in [0.2, 0.25) is 0 Å². The molecule has 0 radical (unpaired) electrons. The monoisotopic (exact) mass is 415 g/mol. The highest BCUT2D eigenvalue weighted by atomic mass is 16.5. The molecule has 0 unspecified atom stereocenters. The maximum absolute atomic E-state index is 13.0. The number of aromatic nitrogens is 4. The molecule has 1 aromatic carbocycles. The van der Waals surface area contributed by atoms with Crippen LogP contribution in [-0.4, -0.2) is 32.6 Å². The minimum atomic E-state index is -0.255. The van der Waals surface area contributed by atoms with Crippen LogP contribution < -0.4 is 10.1 Å². The molecule has 7 heteroatoms. The van der Waals surface area contributed by atoms with Gasteiger partial charge < -0.3 is 10.1 Å². The molecule has 2 saturated carbocycles. The van der Waals surface area contributed by atoms with E-state index in [1.54, 1.807) is 18.0 Å². The van der Waals surface area contributed by atoms with Crippen LogP contribution in [-0.2, 0) is 4.79 Å². The second kappa shape index (κ2) is 6.64. The van der Waals surface area contributed by atoms with Crippen LogP contribution in [0.4, 0.5) is 0 Å². The van der Waals surface area contributed by atoms with Gasteiger partial charge >= 0.3 is 0 Å². The number of fused-ring (bicyclic) bond motifs is 1. The molecule has 0 saturated heterocycles. The summed E-state index contributed by atoms with van der Waals surface area (Å²) >= 11 is 0. The molecule has 31 heavy (non-hydrogen) atoms. The highest BCUT2D eigenvalue weighted by molar-refractivity contribution is 5.81. The first-order chi connectivity index (χ1) is 15.1. The first-order valence-corrected chi connectivity index (χ1v) is 10.9. The zero-order chi connectivity index (χ0) is 21.2. The lowest BCUT2D eigenvalue weighted by molar-refractivity contribution is -0.126. The van der Waals surface area contributed by atoms with E-state index in [-0.39, 0.29) is 17.9 Å². The summed E-state index contributed by atoms with van der Waals surface area (Å²) in [6.07, 6.45) is 9.80. The Balaban J connectivity index is 1.19. The van der Waals surface area contributed by atoms with Gasteiger partial charge in [-0.15, -0.1) is 5.10 Å². The van der Waals surface area contributed by atoms with Crippen molar-refractivity contribution in [3.05, 3.63) is 54.6 Å². The zero-order valence-electron chi connectivity index (χ0n) is 17.7. The number of allylic oxidation sites excluding steroid dienone is 2. The van der Waals surface area contributed by atoms with Crippen molar-refractivity contribution in [3.8, 4) is 17.0 Å². The van der Waals surface area contributed by atoms with E-state index in [0.29, 0.717) is 28.7 Å². The Bertz CT molecular complexity index is 1190.